The van der Waals surface area contributed by atoms with Gasteiger partial charge in [0.05, 0.1) is 0 Å². The van der Waals surface area contributed by atoms with E-state index in [9.17, 15) is 0 Å². The van der Waals surface area contributed by atoms with Crippen molar-refractivity contribution in [1.82, 2.24) is 0 Å². The van der Waals surface area contributed by atoms with Gasteiger partial charge in [0.2, 0.25) is 0 Å². The third-order valence-corrected chi connectivity index (χ3v) is 4.09. The number of halogens is 5. The molecule has 0 saturated heterocycles. The molecule has 60 valence electrons. The summed E-state index contributed by atoms with van der Waals surface area (Å²) in [5, 5.41) is -0.120. The van der Waals surface area contributed by atoms with Crippen LogP contribution in [0, 0.1) is 0 Å². The SMILES string of the molecule is ClC1CC(Cl)(Cl)C(Cl)(Cl)C1. The minimum atomic E-state index is -1.09. The van der Waals surface area contributed by atoms with Crippen LogP contribution < -0.4 is 0 Å². The Labute approximate surface area is 84.7 Å². The maximum Gasteiger partial charge on any atom is 0.152 e. The van der Waals surface area contributed by atoms with Crippen LogP contribution in [0.2, 0.25) is 0 Å². The Bertz CT molecular complexity index is 125. The number of rotatable bonds is 0. The van der Waals surface area contributed by atoms with E-state index in [-0.39, 0.29) is 5.38 Å². The molecule has 0 amide bonds. The van der Waals surface area contributed by atoms with Crippen LogP contribution in [0.25, 0.3) is 0 Å². The van der Waals surface area contributed by atoms with Gasteiger partial charge in [-0.05, 0) is 12.8 Å². The molecule has 1 fully saturated rings. The summed E-state index contributed by atoms with van der Waals surface area (Å²) in [6.45, 7) is 0. The predicted molar refractivity (Wildman–Crippen MR) is 47.7 cm³/mol. The molecule has 0 radical (unpaired) electrons. The molecule has 0 heterocycles. The summed E-state index contributed by atoms with van der Waals surface area (Å²) < 4.78 is -2.19. The maximum atomic E-state index is 5.77. The topological polar surface area (TPSA) is 0 Å². The first-order chi connectivity index (χ1) is 4.35. The van der Waals surface area contributed by atoms with Crippen molar-refractivity contribution in [3.05, 3.63) is 0 Å². The average Bonchev–Trinajstić information content (AvgIpc) is 1.73. The maximum absolute atomic E-state index is 5.77. The summed E-state index contributed by atoms with van der Waals surface area (Å²) >= 11 is 28.8. The quantitative estimate of drug-likeness (QED) is 0.568. The minimum Gasteiger partial charge on any atom is -0.123 e. The van der Waals surface area contributed by atoms with E-state index in [0.717, 1.165) is 0 Å². The summed E-state index contributed by atoms with van der Waals surface area (Å²) in [4.78, 5) is 0. The smallest absolute Gasteiger partial charge is 0.123 e. The van der Waals surface area contributed by atoms with Gasteiger partial charge in [0.25, 0.3) is 0 Å². The lowest BCUT2D eigenvalue weighted by Gasteiger charge is -2.23. The normalized spacial score (nSPS) is 30.9. The highest BCUT2D eigenvalue weighted by molar-refractivity contribution is 6.63. The molecular formula is C5H5Cl5. The van der Waals surface area contributed by atoms with Gasteiger partial charge in [0.1, 0.15) is 0 Å². The molecule has 0 spiro atoms. The lowest BCUT2D eigenvalue weighted by Crippen LogP contribution is -2.29. The molecule has 0 aromatic rings. The molecular weight excluding hydrogens is 237 g/mol. The molecule has 1 aliphatic rings. The zero-order valence-corrected chi connectivity index (χ0v) is 8.66. The van der Waals surface area contributed by atoms with Gasteiger partial charge in [-0.2, -0.15) is 0 Å². The van der Waals surface area contributed by atoms with Crippen LogP contribution in [0.15, 0.2) is 0 Å². The fourth-order valence-electron chi connectivity index (χ4n) is 0.927. The van der Waals surface area contributed by atoms with E-state index in [2.05, 4.69) is 0 Å². The van der Waals surface area contributed by atoms with Crippen LogP contribution >= 0.6 is 58.0 Å². The molecule has 0 atom stereocenters. The van der Waals surface area contributed by atoms with Crippen molar-refractivity contribution in [2.24, 2.45) is 0 Å². The second-order valence-electron chi connectivity index (χ2n) is 2.41. The zero-order chi connectivity index (χ0) is 7.99. The fraction of sp³-hybridized carbons (Fsp3) is 1.00. The monoisotopic (exact) mass is 240 g/mol. The molecule has 0 bridgehead atoms. The first-order valence-electron chi connectivity index (χ1n) is 2.75. The number of alkyl halides is 5. The Morgan fingerprint density at radius 1 is 0.900 bits per heavy atom. The summed E-state index contributed by atoms with van der Waals surface area (Å²) in [5.41, 5.74) is 0. The van der Waals surface area contributed by atoms with E-state index in [1.807, 2.05) is 0 Å². The van der Waals surface area contributed by atoms with Gasteiger partial charge in [-0.1, -0.05) is 46.4 Å². The van der Waals surface area contributed by atoms with E-state index in [4.69, 9.17) is 58.0 Å². The van der Waals surface area contributed by atoms with Gasteiger partial charge in [-0.3, -0.25) is 0 Å². The van der Waals surface area contributed by atoms with Gasteiger partial charge >= 0.3 is 0 Å². The molecule has 0 aromatic heterocycles. The van der Waals surface area contributed by atoms with E-state index >= 15 is 0 Å². The Morgan fingerprint density at radius 3 is 1.30 bits per heavy atom. The van der Waals surface area contributed by atoms with Crippen molar-refractivity contribution in [1.29, 1.82) is 0 Å². The highest BCUT2D eigenvalue weighted by Crippen LogP contribution is 2.55. The molecule has 0 nitrogen and oxygen atoms in total. The molecule has 1 rings (SSSR count). The van der Waals surface area contributed by atoms with Crippen LogP contribution in [-0.2, 0) is 0 Å². The Kier molecular flexibility index (Phi) is 2.61. The largest absolute Gasteiger partial charge is 0.152 e. The molecule has 0 aromatic carbocycles. The highest BCUT2D eigenvalue weighted by atomic mass is 35.5. The van der Waals surface area contributed by atoms with Crippen LogP contribution in [0.5, 0.6) is 0 Å². The van der Waals surface area contributed by atoms with Crippen LogP contribution in [0.3, 0.4) is 0 Å². The van der Waals surface area contributed by atoms with Crippen molar-refractivity contribution in [2.45, 2.75) is 26.9 Å². The highest BCUT2D eigenvalue weighted by Gasteiger charge is 2.54. The molecule has 0 aliphatic heterocycles. The van der Waals surface area contributed by atoms with E-state index in [1.54, 1.807) is 0 Å². The molecule has 5 heteroatoms. The van der Waals surface area contributed by atoms with E-state index in [1.165, 1.54) is 0 Å². The van der Waals surface area contributed by atoms with Gasteiger partial charge in [0, 0.05) is 5.38 Å². The Morgan fingerprint density at radius 2 is 1.20 bits per heavy atom. The van der Waals surface area contributed by atoms with Crippen LogP contribution in [-0.4, -0.2) is 14.0 Å². The summed E-state index contributed by atoms with van der Waals surface area (Å²) in [6, 6.07) is 0. The van der Waals surface area contributed by atoms with Gasteiger partial charge in [0.15, 0.2) is 8.67 Å². The first kappa shape index (κ1) is 9.54. The number of hydrogen-bond acceptors (Lipinski definition) is 0. The third-order valence-electron chi connectivity index (χ3n) is 1.49. The van der Waals surface area contributed by atoms with Crippen molar-refractivity contribution in [3.8, 4) is 0 Å². The van der Waals surface area contributed by atoms with E-state index < -0.39 is 8.67 Å². The average molecular weight is 242 g/mol. The van der Waals surface area contributed by atoms with Crippen LogP contribution in [0.1, 0.15) is 12.8 Å². The molecule has 1 saturated carbocycles. The van der Waals surface area contributed by atoms with Gasteiger partial charge in [-0.25, -0.2) is 0 Å². The molecule has 0 N–H and O–H groups in total. The first-order valence-corrected chi connectivity index (χ1v) is 4.70. The van der Waals surface area contributed by atoms with Gasteiger partial charge < -0.3 is 0 Å². The van der Waals surface area contributed by atoms with Crippen molar-refractivity contribution in [3.63, 3.8) is 0 Å². The second kappa shape index (κ2) is 2.74. The van der Waals surface area contributed by atoms with Crippen molar-refractivity contribution in [2.75, 3.05) is 0 Å². The standard InChI is InChI=1S/C5H5Cl5/c6-3-1-4(7,8)5(9,10)2-3/h3H,1-2H2. The van der Waals surface area contributed by atoms with E-state index in [0.29, 0.717) is 12.8 Å². The summed E-state index contributed by atoms with van der Waals surface area (Å²) in [7, 11) is 0. The van der Waals surface area contributed by atoms with Crippen molar-refractivity contribution >= 4 is 58.0 Å². The summed E-state index contributed by atoms with van der Waals surface area (Å²) in [5.74, 6) is 0. The second-order valence-corrected chi connectivity index (χ2v) is 6.00. The van der Waals surface area contributed by atoms with Crippen LogP contribution in [0.4, 0.5) is 0 Å². The predicted octanol–water partition coefficient (Wildman–Crippen LogP) is 3.74. The van der Waals surface area contributed by atoms with Crippen molar-refractivity contribution < 1.29 is 0 Å². The Balaban J connectivity index is 2.78. The Hall–Kier alpha value is 1.45. The lowest BCUT2D eigenvalue weighted by molar-refractivity contribution is 0.764. The fourth-order valence-corrected chi connectivity index (χ4v) is 2.76. The molecule has 10 heavy (non-hydrogen) atoms. The van der Waals surface area contributed by atoms with Gasteiger partial charge in [-0.15, -0.1) is 11.6 Å². The minimum absolute atomic E-state index is 0.120. The molecule has 0 unspecified atom stereocenters. The third kappa shape index (κ3) is 1.61. The lowest BCUT2D eigenvalue weighted by atomic mass is 10.3. The summed E-state index contributed by atoms with van der Waals surface area (Å²) in [6.07, 6.45) is 0.870. The number of hydrogen-bond donors (Lipinski definition) is 0. The zero-order valence-electron chi connectivity index (χ0n) is 4.88. The molecule has 1 aliphatic carbocycles.